The fourth-order valence-corrected chi connectivity index (χ4v) is 0.534. The van der Waals surface area contributed by atoms with Crippen molar-refractivity contribution in [3.8, 4) is 0 Å². The molecule has 0 aliphatic carbocycles. The van der Waals surface area contributed by atoms with E-state index < -0.39 is 0 Å². The maximum absolute atomic E-state index is 6.46. The Bertz CT molecular complexity index is 220. The molecular formula is C9H16N4. The first-order valence-electron chi connectivity index (χ1n) is 3.89. The lowest BCUT2D eigenvalue weighted by molar-refractivity contribution is 0.639. The largest absolute Gasteiger partial charge is 0.369 e. The molecule has 0 bridgehead atoms. The van der Waals surface area contributed by atoms with Crippen LogP contribution in [-0.4, -0.2) is 25.3 Å². The molecule has 0 heterocycles. The van der Waals surface area contributed by atoms with Crippen molar-refractivity contribution in [3.63, 3.8) is 0 Å². The second-order valence-electron chi connectivity index (χ2n) is 2.60. The molecule has 0 saturated carbocycles. The van der Waals surface area contributed by atoms with Crippen LogP contribution in [0.5, 0.6) is 0 Å². The summed E-state index contributed by atoms with van der Waals surface area (Å²) >= 11 is 0. The predicted molar refractivity (Wildman–Crippen MR) is 56.7 cm³/mol. The molecule has 0 fully saturated rings. The second-order valence-corrected chi connectivity index (χ2v) is 2.60. The molecule has 13 heavy (non-hydrogen) atoms. The van der Waals surface area contributed by atoms with Crippen LogP contribution in [0.2, 0.25) is 0 Å². The van der Waals surface area contributed by atoms with Gasteiger partial charge in [-0.3, -0.25) is 11.3 Å². The molecule has 0 radical (unpaired) electrons. The first-order valence-corrected chi connectivity index (χ1v) is 3.89. The number of rotatable bonds is 2. The summed E-state index contributed by atoms with van der Waals surface area (Å²) in [6.07, 6.45) is 1.25. The van der Waals surface area contributed by atoms with Crippen LogP contribution >= 0.6 is 0 Å². The maximum Gasteiger partial charge on any atom is 0.0812 e. The minimum atomic E-state index is 0.938. The van der Waals surface area contributed by atoms with Gasteiger partial charge in [0.25, 0.3) is 0 Å². The number of hydrogen-bond donors (Lipinski definition) is 3. The standard InChI is InChI=1S/C6H8N2.C3H8N2/c7-8-6-4-2-1-3-5-6;1-5(2)3-4/h1-5,8H,7H2;3-4H,1-2H3. The van der Waals surface area contributed by atoms with Crippen LogP contribution in [-0.2, 0) is 0 Å². The summed E-state index contributed by atoms with van der Waals surface area (Å²) in [6.45, 7) is 0. The third-order valence-electron chi connectivity index (χ3n) is 1.20. The van der Waals surface area contributed by atoms with Crippen molar-refractivity contribution in [2.45, 2.75) is 0 Å². The molecule has 0 aliphatic rings. The molecule has 0 aliphatic heterocycles. The Hall–Kier alpha value is -1.55. The van der Waals surface area contributed by atoms with Gasteiger partial charge in [0.15, 0.2) is 0 Å². The van der Waals surface area contributed by atoms with Gasteiger partial charge in [0.2, 0.25) is 0 Å². The molecule has 1 aromatic carbocycles. The van der Waals surface area contributed by atoms with E-state index in [2.05, 4.69) is 5.43 Å². The van der Waals surface area contributed by atoms with Crippen molar-refractivity contribution in [2.24, 2.45) is 5.84 Å². The van der Waals surface area contributed by atoms with Crippen LogP contribution in [0.3, 0.4) is 0 Å². The van der Waals surface area contributed by atoms with Gasteiger partial charge in [-0.15, -0.1) is 0 Å². The highest BCUT2D eigenvalue weighted by atomic mass is 15.2. The lowest BCUT2D eigenvalue weighted by Crippen LogP contribution is -2.05. The van der Waals surface area contributed by atoms with Gasteiger partial charge in [-0.1, -0.05) is 18.2 Å². The van der Waals surface area contributed by atoms with Gasteiger partial charge in [0.05, 0.1) is 6.34 Å². The number of benzene rings is 1. The van der Waals surface area contributed by atoms with Gasteiger partial charge in [0, 0.05) is 19.8 Å². The molecular weight excluding hydrogens is 164 g/mol. The number of nitrogen functional groups attached to an aromatic ring is 1. The SMILES string of the molecule is CN(C)C=N.NNc1ccccc1. The molecule has 4 N–H and O–H groups in total. The molecule has 4 nitrogen and oxygen atoms in total. The Morgan fingerprint density at radius 1 is 1.31 bits per heavy atom. The molecule has 0 saturated heterocycles. The third kappa shape index (κ3) is 6.83. The van der Waals surface area contributed by atoms with E-state index in [0.29, 0.717) is 0 Å². The summed E-state index contributed by atoms with van der Waals surface area (Å²) in [5.74, 6) is 5.10. The van der Waals surface area contributed by atoms with Crippen molar-refractivity contribution in [1.29, 1.82) is 5.41 Å². The van der Waals surface area contributed by atoms with Crippen molar-refractivity contribution in [2.75, 3.05) is 19.5 Å². The van der Waals surface area contributed by atoms with Gasteiger partial charge in [0.1, 0.15) is 0 Å². The molecule has 72 valence electrons. The minimum Gasteiger partial charge on any atom is -0.369 e. The Labute approximate surface area is 78.8 Å². The second kappa shape index (κ2) is 7.12. The van der Waals surface area contributed by atoms with Gasteiger partial charge in [-0.05, 0) is 12.1 Å². The smallest absolute Gasteiger partial charge is 0.0812 e. The van der Waals surface area contributed by atoms with E-state index in [9.17, 15) is 0 Å². The summed E-state index contributed by atoms with van der Waals surface area (Å²) < 4.78 is 0. The fraction of sp³-hybridized carbons (Fsp3) is 0.222. The molecule has 4 heteroatoms. The van der Waals surface area contributed by atoms with Crippen LogP contribution in [0.4, 0.5) is 5.69 Å². The van der Waals surface area contributed by atoms with Crippen LogP contribution in [0.1, 0.15) is 0 Å². The first-order chi connectivity index (χ1) is 6.20. The van der Waals surface area contributed by atoms with E-state index in [1.54, 1.807) is 4.90 Å². The zero-order chi connectivity index (χ0) is 10.1. The van der Waals surface area contributed by atoms with Crippen molar-refractivity contribution in [3.05, 3.63) is 30.3 Å². The van der Waals surface area contributed by atoms with Crippen LogP contribution in [0.25, 0.3) is 0 Å². The first kappa shape index (κ1) is 11.4. The number of para-hydroxylation sites is 1. The summed E-state index contributed by atoms with van der Waals surface area (Å²) in [6, 6.07) is 9.60. The van der Waals surface area contributed by atoms with Gasteiger partial charge in [-0.25, -0.2) is 0 Å². The van der Waals surface area contributed by atoms with Crippen molar-refractivity contribution < 1.29 is 0 Å². The zero-order valence-electron chi connectivity index (χ0n) is 7.99. The number of nitrogens with zero attached hydrogens (tertiary/aromatic N) is 1. The Kier molecular flexibility index (Phi) is 6.27. The number of nitrogens with two attached hydrogens (primary N) is 1. The monoisotopic (exact) mass is 180 g/mol. The number of nitrogens with one attached hydrogen (secondary N) is 2. The lowest BCUT2D eigenvalue weighted by Gasteiger charge is -1.96. The van der Waals surface area contributed by atoms with Crippen molar-refractivity contribution in [1.82, 2.24) is 4.90 Å². The molecule has 0 unspecified atom stereocenters. The average molecular weight is 180 g/mol. The average Bonchev–Trinajstić information content (AvgIpc) is 2.20. The van der Waals surface area contributed by atoms with Gasteiger partial charge in [-0.2, -0.15) is 0 Å². The molecule has 1 rings (SSSR count). The maximum atomic E-state index is 6.46. The molecule has 0 spiro atoms. The van der Waals surface area contributed by atoms with Crippen molar-refractivity contribution >= 4 is 12.0 Å². The highest BCUT2D eigenvalue weighted by Crippen LogP contribution is 2.00. The lowest BCUT2D eigenvalue weighted by atomic mass is 10.3. The number of hydrazine groups is 1. The van der Waals surface area contributed by atoms with E-state index >= 15 is 0 Å². The Balaban J connectivity index is 0.000000252. The normalized spacial score (nSPS) is 7.92. The quantitative estimate of drug-likeness (QED) is 0.276. The van der Waals surface area contributed by atoms with E-state index in [4.69, 9.17) is 11.3 Å². The van der Waals surface area contributed by atoms with Gasteiger partial charge < -0.3 is 10.3 Å². The van der Waals surface area contributed by atoms with E-state index in [0.717, 1.165) is 5.69 Å². The van der Waals surface area contributed by atoms with E-state index in [-0.39, 0.29) is 0 Å². The topological polar surface area (TPSA) is 65.1 Å². The predicted octanol–water partition coefficient (Wildman–Crippen LogP) is 1.13. The Morgan fingerprint density at radius 2 is 1.77 bits per heavy atom. The summed E-state index contributed by atoms with van der Waals surface area (Å²) in [5, 5.41) is 6.46. The molecule has 0 aromatic heterocycles. The third-order valence-corrected chi connectivity index (χ3v) is 1.20. The van der Waals surface area contributed by atoms with E-state index in [1.807, 2.05) is 44.4 Å². The summed E-state index contributed by atoms with van der Waals surface area (Å²) in [7, 11) is 3.62. The molecule has 0 atom stereocenters. The minimum absolute atomic E-state index is 0.938. The highest BCUT2D eigenvalue weighted by Gasteiger charge is 1.78. The van der Waals surface area contributed by atoms with Crippen LogP contribution < -0.4 is 11.3 Å². The molecule has 1 aromatic rings. The fourth-order valence-electron chi connectivity index (χ4n) is 0.534. The summed E-state index contributed by atoms with van der Waals surface area (Å²) in [5.41, 5.74) is 3.46. The van der Waals surface area contributed by atoms with E-state index in [1.165, 1.54) is 6.34 Å². The molecule has 0 amide bonds. The van der Waals surface area contributed by atoms with Crippen LogP contribution in [0, 0.1) is 5.41 Å². The van der Waals surface area contributed by atoms with Crippen LogP contribution in [0.15, 0.2) is 30.3 Å². The summed E-state index contributed by atoms with van der Waals surface area (Å²) in [4.78, 5) is 1.67. The number of anilines is 1. The highest BCUT2D eigenvalue weighted by molar-refractivity contribution is 5.49. The van der Waals surface area contributed by atoms with Gasteiger partial charge >= 0.3 is 0 Å². The zero-order valence-corrected chi connectivity index (χ0v) is 7.99. The number of hydrogen-bond acceptors (Lipinski definition) is 3. The Morgan fingerprint density at radius 3 is 2.00 bits per heavy atom.